The molecule has 4 nitrogen and oxygen atoms in total. The largest absolute Gasteiger partial charge is 0.387 e. The molecule has 78 valence electrons. The van der Waals surface area contributed by atoms with Crippen molar-refractivity contribution in [3.8, 4) is 5.69 Å². The quantitative estimate of drug-likeness (QED) is 0.862. The molecule has 0 radical (unpaired) electrons. The fraction of sp³-hybridized carbons (Fsp3) is 0.200. The Morgan fingerprint density at radius 3 is 2.67 bits per heavy atom. The molecule has 2 aromatic rings. The van der Waals surface area contributed by atoms with Crippen LogP contribution in [0.2, 0.25) is 0 Å². The molecule has 2 aromatic heterocycles. The maximum absolute atomic E-state index is 9.30. The standard InChI is InChI=1S/C10H10IN3O/c1-7(15)10-3-2-9(5-12-10)14-6-8(11)4-13-14/h2-7,15H,1H3. The van der Waals surface area contributed by atoms with Crippen molar-refractivity contribution in [2.24, 2.45) is 0 Å². The van der Waals surface area contributed by atoms with Crippen LogP contribution in [-0.2, 0) is 0 Å². The summed E-state index contributed by atoms with van der Waals surface area (Å²) in [5, 5.41) is 13.5. The lowest BCUT2D eigenvalue weighted by atomic mass is 10.2. The minimum absolute atomic E-state index is 0.531. The zero-order valence-electron chi connectivity index (χ0n) is 8.13. The van der Waals surface area contributed by atoms with Crippen LogP contribution in [0.4, 0.5) is 0 Å². The van der Waals surface area contributed by atoms with Crippen LogP contribution in [0.1, 0.15) is 18.7 Å². The van der Waals surface area contributed by atoms with E-state index in [2.05, 4.69) is 32.7 Å². The van der Waals surface area contributed by atoms with Gasteiger partial charge in [0.1, 0.15) is 0 Å². The second kappa shape index (κ2) is 4.28. The van der Waals surface area contributed by atoms with E-state index in [9.17, 15) is 5.11 Å². The number of hydrogen-bond donors (Lipinski definition) is 1. The van der Waals surface area contributed by atoms with E-state index in [0.29, 0.717) is 5.69 Å². The average molecular weight is 315 g/mol. The van der Waals surface area contributed by atoms with Gasteiger partial charge in [0.25, 0.3) is 0 Å². The van der Waals surface area contributed by atoms with E-state index in [1.807, 2.05) is 12.3 Å². The first-order valence-electron chi connectivity index (χ1n) is 4.51. The zero-order valence-corrected chi connectivity index (χ0v) is 10.3. The van der Waals surface area contributed by atoms with Crippen LogP contribution < -0.4 is 0 Å². The van der Waals surface area contributed by atoms with Crippen molar-refractivity contribution < 1.29 is 5.11 Å². The summed E-state index contributed by atoms with van der Waals surface area (Å²) in [6.45, 7) is 1.69. The normalized spacial score (nSPS) is 12.7. The van der Waals surface area contributed by atoms with Crippen LogP contribution in [0.15, 0.2) is 30.7 Å². The van der Waals surface area contributed by atoms with Gasteiger partial charge in [0.2, 0.25) is 0 Å². The molecule has 0 aliphatic carbocycles. The van der Waals surface area contributed by atoms with E-state index in [1.54, 1.807) is 30.1 Å². The van der Waals surface area contributed by atoms with Crippen LogP contribution in [-0.4, -0.2) is 19.9 Å². The highest BCUT2D eigenvalue weighted by Crippen LogP contribution is 2.12. The molecule has 0 spiro atoms. The smallest absolute Gasteiger partial charge is 0.0931 e. The molecular weight excluding hydrogens is 305 g/mol. The van der Waals surface area contributed by atoms with Crippen LogP contribution in [0, 0.1) is 3.57 Å². The van der Waals surface area contributed by atoms with Gasteiger partial charge in [-0.25, -0.2) is 4.68 Å². The van der Waals surface area contributed by atoms with Gasteiger partial charge in [-0.05, 0) is 41.6 Å². The molecule has 2 rings (SSSR count). The number of nitrogens with zero attached hydrogens (tertiary/aromatic N) is 3. The van der Waals surface area contributed by atoms with Gasteiger partial charge in [-0.15, -0.1) is 0 Å². The number of pyridine rings is 1. The van der Waals surface area contributed by atoms with Gasteiger partial charge in [-0.3, -0.25) is 4.98 Å². The molecule has 0 aromatic carbocycles. The van der Waals surface area contributed by atoms with Gasteiger partial charge in [0, 0.05) is 6.20 Å². The molecule has 0 saturated carbocycles. The fourth-order valence-electron chi connectivity index (χ4n) is 1.22. The Kier molecular flexibility index (Phi) is 3.01. The summed E-state index contributed by atoms with van der Waals surface area (Å²) in [6, 6.07) is 3.69. The first-order chi connectivity index (χ1) is 7.16. The first kappa shape index (κ1) is 10.6. The Hall–Kier alpha value is -0.950. The van der Waals surface area contributed by atoms with Gasteiger partial charge in [0.05, 0.1) is 33.4 Å². The summed E-state index contributed by atoms with van der Waals surface area (Å²) < 4.78 is 2.83. The van der Waals surface area contributed by atoms with Crippen LogP contribution in [0.3, 0.4) is 0 Å². The van der Waals surface area contributed by atoms with Gasteiger partial charge in [-0.1, -0.05) is 0 Å². The zero-order chi connectivity index (χ0) is 10.8. The molecule has 0 saturated heterocycles. The van der Waals surface area contributed by atoms with Crippen molar-refractivity contribution in [2.75, 3.05) is 0 Å². The topological polar surface area (TPSA) is 50.9 Å². The lowest BCUT2D eigenvalue weighted by Crippen LogP contribution is -1.99. The summed E-state index contributed by atoms with van der Waals surface area (Å²) in [6.07, 6.45) is 4.87. The second-order valence-corrected chi connectivity index (χ2v) is 4.47. The summed E-state index contributed by atoms with van der Waals surface area (Å²) in [5.74, 6) is 0. The first-order valence-corrected chi connectivity index (χ1v) is 5.59. The van der Waals surface area contributed by atoms with Crippen molar-refractivity contribution in [3.63, 3.8) is 0 Å². The van der Waals surface area contributed by atoms with E-state index in [1.165, 1.54) is 0 Å². The molecule has 1 unspecified atom stereocenters. The molecule has 5 heteroatoms. The lowest BCUT2D eigenvalue weighted by Gasteiger charge is -2.04. The molecule has 0 aliphatic rings. The Bertz CT molecular complexity index is 450. The van der Waals surface area contributed by atoms with Crippen molar-refractivity contribution in [2.45, 2.75) is 13.0 Å². The minimum Gasteiger partial charge on any atom is -0.387 e. The van der Waals surface area contributed by atoms with E-state index in [-0.39, 0.29) is 0 Å². The summed E-state index contributed by atoms with van der Waals surface area (Å²) in [5.41, 5.74) is 1.56. The molecule has 15 heavy (non-hydrogen) atoms. The molecule has 1 N–H and O–H groups in total. The van der Waals surface area contributed by atoms with Crippen LogP contribution >= 0.6 is 22.6 Å². The highest BCUT2D eigenvalue weighted by molar-refractivity contribution is 14.1. The van der Waals surface area contributed by atoms with E-state index >= 15 is 0 Å². The SMILES string of the molecule is CC(O)c1ccc(-n2cc(I)cn2)cn1. The van der Waals surface area contributed by atoms with Gasteiger partial charge >= 0.3 is 0 Å². The number of aromatic nitrogens is 3. The maximum Gasteiger partial charge on any atom is 0.0931 e. The number of aliphatic hydroxyl groups excluding tert-OH is 1. The average Bonchev–Trinajstić information content (AvgIpc) is 2.65. The molecule has 1 atom stereocenters. The Labute approximate surface area is 101 Å². The third-order valence-electron chi connectivity index (χ3n) is 2.01. The highest BCUT2D eigenvalue weighted by Gasteiger charge is 2.03. The predicted molar refractivity (Wildman–Crippen MR) is 64.7 cm³/mol. The van der Waals surface area contributed by atoms with Gasteiger partial charge in [-0.2, -0.15) is 5.10 Å². The summed E-state index contributed by atoms with van der Waals surface area (Å²) in [7, 11) is 0. The second-order valence-electron chi connectivity index (χ2n) is 3.22. The Morgan fingerprint density at radius 1 is 1.40 bits per heavy atom. The minimum atomic E-state index is -0.531. The van der Waals surface area contributed by atoms with Crippen molar-refractivity contribution in [3.05, 3.63) is 40.0 Å². The Balaban J connectivity index is 2.31. The molecular formula is C10H10IN3O. The third kappa shape index (κ3) is 2.35. The summed E-state index contributed by atoms with van der Waals surface area (Å²) >= 11 is 2.20. The number of aliphatic hydroxyl groups is 1. The van der Waals surface area contributed by atoms with Crippen LogP contribution in [0.5, 0.6) is 0 Å². The number of rotatable bonds is 2. The maximum atomic E-state index is 9.30. The third-order valence-corrected chi connectivity index (χ3v) is 2.57. The van der Waals surface area contributed by atoms with Gasteiger partial charge in [0.15, 0.2) is 0 Å². The molecule has 0 aliphatic heterocycles. The fourth-order valence-corrected chi connectivity index (χ4v) is 1.61. The predicted octanol–water partition coefficient (Wildman–Crippen LogP) is 1.93. The highest BCUT2D eigenvalue weighted by atomic mass is 127. The van der Waals surface area contributed by atoms with Gasteiger partial charge < -0.3 is 5.11 Å². The van der Waals surface area contributed by atoms with E-state index in [0.717, 1.165) is 9.26 Å². The molecule has 2 heterocycles. The van der Waals surface area contributed by atoms with E-state index in [4.69, 9.17) is 0 Å². The Morgan fingerprint density at radius 2 is 2.20 bits per heavy atom. The number of halogens is 1. The lowest BCUT2D eigenvalue weighted by molar-refractivity contribution is 0.194. The van der Waals surface area contributed by atoms with Crippen molar-refractivity contribution in [1.29, 1.82) is 0 Å². The molecule has 0 bridgehead atoms. The number of hydrogen-bond acceptors (Lipinski definition) is 3. The molecule has 0 fully saturated rings. The van der Waals surface area contributed by atoms with Crippen molar-refractivity contribution >= 4 is 22.6 Å². The monoisotopic (exact) mass is 315 g/mol. The van der Waals surface area contributed by atoms with E-state index < -0.39 is 6.10 Å². The van der Waals surface area contributed by atoms with Crippen LogP contribution in [0.25, 0.3) is 5.69 Å². The summed E-state index contributed by atoms with van der Waals surface area (Å²) in [4.78, 5) is 4.15. The molecule has 0 amide bonds. The van der Waals surface area contributed by atoms with Crippen molar-refractivity contribution in [1.82, 2.24) is 14.8 Å².